The van der Waals surface area contributed by atoms with Crippen molar-refractivity contribution in [3.8, 4) is 5.75 Å². The summed E-state index contributed by atoms with van der Waals surface area (Å²) < 4.78 is 36.6. The summed E-state index contributed by atoms with van der Waals surface area (Å²) in [5.41, 5.74) is -0.636. The first-order valence-electron chi connectivity index (χ1n) is 4.88. The van der Waals surface area contributed by atoms with Gasteiger partial charge in [-0.05, 0) is 6.92 Å². The van der Waals surface area contributed by atoms with Crippen molar-refractivity contribution in [3.05, 3.63) is 29.3 Å². The van der Waals surface area contributed by atoms with Gasteiger partial charge in [-0.1, -0.05) is 0 Å². The highest BCUT2D eigenvalue weighted by molar-refractivity contribution is 5.74. The van der Waals surface area contributed by atoms with Crippen molar-refractivity contribution in [1.82, 2.24) is 0 Å². The molecule has 0 radical (unpaired) electrons. The van der Waals surface area contributed by atoms with Crippen LogP contribution in [-0.2, 0) is 9.53 Å². The summed E-state index contributed by atoms with van der Waals surface area (Å²) in [4.78, 5) is 10.8. The van der Waals surface area contributed by atoms with Crippen molar-refractivity contribution in [2.75, 3.05) is 13.7 Å². The van der Waals surface area contributed by atoms with Crippen LogP contribution in [0.5, 0.6) is 5.75 Å². The second-order valence-electron chi connectivity index (χ2n) is 3.19. The number of aliphatic carboxylic acids is 1. The van der Waals surface area contributed by atoms with E-state index in [1.54, 1.807) is 6.92 Å². The largest absolute Gasteiger partial charge is 0.494 e. The second-order valence-corrected chi connectivity index (χ2v) is 3.19. The molecule has 4 nitrogen and oxygen atoms in total. The zero-order chi connectivity index (χ0) is 13.0. The Morgan fingerprint density at radius 1 is 1.41 bits per heavy atom. The molecule has 0 saturated heterocycles. The molecule has 0 aliphatic rings. The third-order valence-corrected chi connectivity index (χ3v) is 2.09. The maximum Gasteiger partial charge on any atom is 0.337 e. The zero-order valence-corrected chi connectivity index (χ0v) is 9.37. The quantitative estimate of drug-likeness (QED) is 0.864. The molecule has 1 aromatic rings. The Hall–Kier alpha value is -1.69. The molecule has 0 spiro atoms. The number of ether oxygens (including phenoxy) is 2. The molecule has 1 rings (SSSR count). The first kappa shape index (κ1) is 13.4. The van der Waals surface area contributed by atoms with E-state index in [2.05, 4.69) is 4.74 Å². The predicted octanol–water partition coefficient (Wildman–Crippen LogP) is 2.14. The summed E-state index contributed by atoms with van der Waals surface area (Å²) in [6, 6.07) is 1.85. The Labute approximate surface area is 96.8 Å². The lowest BCUT2D eigenvalue weighted by molar-refractivity contribution is -0.149. The molecule has 0 aliphatic carbocycles. The smallest absolute Gasteiger partial charge is 0.337 e. The highest BCUT2D eigenvalue weighted by atomic mass is 19.1. The summed E-state index contributed by atoms with van der Waals surface area (Å²) >= 11 is 0. The molecule has 6 heteroatoms. The predicted molar refractivity (Wildman–Crippen MR) is 54.9 cm³/mol. The van der Waals surface area contributed by atoms with Gasteiger partial charge in [0.2, 0.25) is 0 Å². The molecular weight excluding hydrogens is 234 g/mol. The minimum absolute atomic E-state index is 0.00601. The summed E-state index contributed by atoms with van der Waals surface area (Å²) in [5.74, 6) is -3.48. The van der Waals surface area contributed by atoms with E-state index in [0.717, 1.165) is 19.2 Å². The van der Waals surface area contributed by atoms with E-state index in [1.165, 1.54) is 0 Å². The molecule has 0 aliphatic heterocycles. The van der Waals surface area contributed by atoms with Crippen molar-refractivity contribution < 1.29 is 28.2 Å². The summed E-state index contributed by atoms with van der Waals surface area (Å²) in [7, 11) is 1.06. The molecule has 0 saturated carbocycles. The van der Waals surface area contributed by atoms with Crippen molar-refractivity contribution >= 4 is 5.97 Å². The van der Waals surface area contributed by atoms with E-state index in [1.807, 2.05) is 0 Å². The molecule has 0 aromatic heterocycles. The van der Waals surface area contributed by atoms with Crippen molar-refractivity contribution in [2.45, 2.75) is 13.0 Å². The van der Waals surface area contributed by atoms with E-state index in [-0.39, 0.29) is 12.4 Å². The van der Waals surface area contributed by atoms with Crippen LogP contribution >= 0.6 is 0 Å². The van der Waals surface area contributed by atoms with Crippen LogP contribution in [0.4, 0.5) is 8.78 Å². The average Bonchev–Trinajstić information content (AvgIpc) is 2.23. The minimum Gasteiger partial charge on any atom is -0.494 e. The fraction of sp³-hybridized carbons (Fsp3) is 0.364. The Balaban J connectivity index is 3.20. The SMILES string of the molecule is CCOc1cc(F)c(C(OC)C(=O)O)c(F)c1. The Kier molecular flexibility index (Phi) is 4.39. The van der Waals surface area contributed by atoms with Gasteiger partial charge in [0.15, 0.2) is 6.10 Å². The minimum atomic E-state index is -1.68. The normalized spacial score (nSPS) is 12.2. The molecular formula is C11H12F2O4. The van der Waals surface area contributed by atoms with Crippen LogP contribution in [0.15, 0.2) is 12.1 Å². The van der Waals surface area contributed by atoms with Crippen LogP contribution in [-0.4, -0.2) is 24.8 Å². The number of halogens is 2. The maximum atomic E-state index is 13.6. The monoisotopic (exact) mass is 246 g/mol. The summed E-state index contributed by atoms with van der Waals surface area (Å²) in [6.45, 7) is 1.92. The molecule has 94 valence electrons. The van der Waals surface area contributed by atoms with Crippen LogP contribution in [0, 0.1) is 11.6 Å². The standard InChI is InChI=1S/C11H12F2O4/c1-3-17-6-4-7(12)9(8(13)5-6)10(16-2)11(14)15/h4-5,10H,3H2,1-2H3,(H,14,15). The molecule has 0 heterocycles. The highest BCUT2D eigenvalue weighted by Gasteiger charge is 2.27. The first-order valence-corrected chi connectivity index (χ1v) is 4.88. The van der Waals surface area contributed by atoms with Gasteiger partial charge in [0, 0.05) is 19.2 Å². The van der Waals surface area contributed by atoms with Crippen LogP contribution in [0.2, 0.25) is 0 Å². The molecule has 1 atom stereocenters. The number of benzene rings is 1. The van der Waals surface area contributed by atoms with Crippen molar-refractivity contribution in [3.63, 3.8) is 0 Å². The number of rotatable bonds is 5. The van der Waals surface area contributed by atoms with Gasteiger partial charge in [-0.3, -0.25) is 0 Å². The molecule has 17 heavy (non-hydrogen) atoms. The fourth-order valence-corrected chi connectivity index (χ4v) is 1.40. The lowest BCUT2D eigenvalue weighted by Gasteiger charge is -2.14. The molecule has 1 N–H and O–H groups in total. The van der Waals surface area contributed by atoms with Gasteiger partial charge in [-0.15, -0.1) is 0 Å². The van der Waals surface area contributed by atoms with Crippen LogP contribution in [0.1, 0.15) is 18.6 Å². The molecule has 0 amide bonds. The topological polar surface area (TPSA) is 55.8 Å². The van der Waals surface area contributed by atoms with Crippen LogP contribution in [0.3, 0.4) is 0 Å². The van der Waals surface area contributed by atoms with Gasteiger partial charge in [0.25, 0.3) is 0 Å². The van der Waals surface area contributed by atoms with Gasteiger partial charge < -0.3 is 14.6 Å². The van der Waals surface area contributed by atoms with Crippen molar-refractivity contribution in [1.29, 1.82) is 0 Å². The number of carboxylic acids is 1. The number of hydrogen-bond acceptors (Lipinski definition) is 3. The average molecular weight is 246 g/mol. The van der Waals surface area contributed by atoms with Gasteiger partial charge >= 0.3 is 5.97 Å². The molecule has 0 fully saturated rings. The number of carboxylic acid groups (broad SMARTS) is 1. The van der Waals surface area contributed by atoms with E-state index < -0.39 is 29.3 Å². The zero-order valence-electron chi connectivity index (χ0n) is 9.37. The molecule has 1 aromatic carbocycles. The van der Waals surface area contributed by atoms with Gasteiger partial charge in [0.05, 0.1) is 12.2 Å². The number of methoxy groups -OCH3 is 1. The van der Waals surface area contributed by atoms with E-state index in [9.17, 15) is 13.6 Å². The van der Waals surface area contributed by atoms with Crippen LogP contribution < -0.4 is 4.74 Å². The van der Waals surface area contributed by atoms with Gasteiger partial charge in [-0.2, -0.15) is 0 Å². The summed E-state index contributed by atoms with van der Waals surface area (Å²) in [6.07, 6.45) is -1.68. The van der Waals surface area contributed by atoms with E-state index in [4.69, 9.17) is 9.84 Å². The lowest BCUT2D eigenvalue weighted by atomic mass is 10.1. The fourth-order valence-electron chi connectivity index (χ4n) is 1.40. The second kappa shape index (κ2) is 5.58. The van der Waals surface area contributed by atoms with Gasteiger partial charge in [0.1, 0.15) is 17.4 Å². The molecule has 0 bridgehead atoms. The molecule has 1 unspecified atom stereocenters. The first-order chi connectivity index (χ1) is 8.01. The Morgan fingerprint density at radius 3 is 2.29 bits per heavy atom. The lowest BCUT2D eigenvalue weighted by Crippen LogP contribution is -2.17. The van der Waals surface area contributed by atoms with Crippen molar-refractivity contribution in [2.24, 2.45) is 0 Å². The summed E-state index contributed by atoms with van der Waals surface area (Å²) in [5, 5.41) is 8.76. The third kappa shape index (κ3) is 2.91. The number of carbonyl (C=O) groups is 1. The maximum absolute atomic E-state index is 13.6. The highest BCUT2D eigenvalue weighted by Crippen LogP contribution is 2.27. The van der Waals surface area contributed by atoms with E-state index >= 15 is 0 Å². The van der Waals surface area contributed by atoms with E-state index in [0.29, 0.717) is 0 Å². The Morgan fingerprint density at radius 2 is 1.94 bits per heavy atom. The third-order valence-electron chi connectivity index (χ3n) is 2.09. The van der Waals surface area contributed by atoms with Crippen LogP contribution in [0.25, 0.3) is 0 Å². The Bertz CT molecular complexity index is 397. The van der Waals surface area contributed by atoms with Gasteiger partial charge in [-0.25, -0.2) is 13.6 Å². The number of hydrogen-bond donors (Lipinski definition) is 1.